The number of hydrogen-bond donors (Lipinski definition) is 2. The second-order valence-corrected chi connectivity index (χ2v) is 8.50. The Kier molecular flexibility index (Phi) is 5.97. The van der Waals surface area contributed by atoms with Gasteiger partial charge in [0, 0.05) is 16.6 Å². The number of hydrogen-bond acceptors (Lipinski definition) is 8. The number of aromatic nitrogens is 1. The molecule has 1 aliphatic rings. The first-order chi connectivity index (χ1) is 15.0. The van der Waals surface area contributed by atoms with Gasteiger partial charge in [0.15, 0.2) is 0 Å². The summed E-state index contributed by atoms with van der Waals surface area (Å²) in [5.41, 5.74) is 3.67. The molecule has 4 rings (SSSR count). The Hall–Kier alpha value is -3.30. The summed E-state index contributed by atoms with van der Waals surface area (Å²) in [6.45, 7) is 5.49. The van der Waals surface area contributed by atoms with Crippen LogP contribution in [-0.2, 0) is 9.53 Å². The quantitative estimate of drug-likeness (QED) is 0.549. The fraction of sp³-hybridized carbons (Fsp3) is 0.182. The fourth-order valence-corrected chi connectivity index (χ4v) is 4.79. The van der Waals surface area contributed by atoms with Gasteiger partial charge in [0.1, 0.15) is 21.3 Å². The normalized spacial score (nSPS) is 13.1. The molecule has 0 unspecified atom stereocenters. The zero-order chi connectivity index (χ0) is 22.0. The molecule has 3 aromatic rings. The molecule has 0 atom stereocenters. The van der Waals surface area contributed by atoms with Gasteiger partial charge in [0.2, 0.25) is 0 Å². The molecular weight excluding hydrogens is 432 g/mol. The van der Waals surface area contributed by atoms with E-state index in [-0.39, 0.29) is 23.9 Å². The van der Waals surface area contributed by atoms with Gasteiger partial charge < -0.3 is 15.4 Å². The van der Waals surface area contributed by atoms with Gasteiger partial charge >= 0.3 is 5.97 Å². The number of thiazole rings is 1. The highest BCUT2D eigenvalue weighted by Crippen LogP contribution is 2.32. The van der Waals surface area contributed by atoms with Gasteiger partial charge in [-0.25, -0.2) is 14.8 Å². The minimum atomic E-state index is -0.556. The molecule has 1 aromatic carbocycles. The van der Waals surface area contributed by atoms with E-state index in [0.29, 0.717) is 22.0 Å². The molecule has 158 valence electrons. The summed E-state index contributed by atoms with van der Waals surface area (Å²) in [6.07, 6.45) is 0. The van der Waals surface area contributed by atoms with Crippen LogP contribution in [0.3, 0.4) is 0 Å². The fourth-order valence-electron chi connectivity index (χ4n) is 3.12. The number of benzene rings is 1. The molecule has 1 amide bonds. The van der Waals surface area contributed by atoms with Crippen LogP contribution in [0, 0.1) is 6.92 Å². The van der Waals surface area contributed by atoms with Crippen molar-refractivity contribution in [1.82, 2.24) is 10.3 Å². The third-order valence-corrected chi connectivity index (χ3v) is 6.44. The van der Waals surface area contributed by atoms with Crippen LogP contribution < -0.4 is 10.6 Å². The molecular formula is C22H20N4O3S2. The van der Waals surface area contributed by atoms with Gasteiger partial charge in [-0.3, -0.25) is 4.79 Å². The Bertz CT molecular complexity index is 1210. The van der Waals surface area contributed by atoms with Crippen LogP contribution in [0.15, 0.2) is 57.4 Å². The van der Waals surface area contributed by atoms with Gasteiger partial charge in [-0.05, 0) is 44.4 Å². The number of rotatable bonds is 4. The van der Waals surface area contributed by atoms with Crippen molar-refractivity contribution in [2.45, 2.75) is 20.8 Å². The summed E-state index contributed by atoms with van der Waals surface area (Å²) in [5, 5.41) is 10.7. The maximum Gasteiger partial charge on any atom is 0.343 e. The lowest BCUT2D eigenvalue weighted by Crippen LogP contribution is -2.35. The topological polar surface area (TPSA) is 92.7 Å². The average Bonchev–Trinajstić information content (AvgIpc) is 3.36. The molecule has 0 saturated carbocycles. The van der Waals surface area contributed by atoms with Crippen molar-refractivity contribution in [2.24, 2.45) is 4.99 Å². The predicted molar refractivity (Wildman–Crippen MR) is 124 cm³/mol. The molecule has 9 heteroatoms. The molecule has 0 bridgehead atoms. The number of anilines is 1. The van der Waals surface area contributed by atoms with E-state index >= 15 is 0 Å². The molecule has 0 radical (unpaired) electrons. The molecule has 0 aliphatic carbocycles. The van der Waals surface area contributed by atoms with Crippen molar-refractivity contribution in [1.29, 1.82) is 0 Å². The zero-order valence-electron chi connectivity index (χ0n) is 17.2. The summed E-state index contributed by atoms with van der Waals surface area (Å²) >= 11 is 2.88. The van der Waals surface area contributed by atoms with Crippen LogP contribution in [0.4, 0.5) is 11.4 Å². The number of allylic oxidation sites excluding steroid dienone is 1. The van der Waals surface area contributed by atoms with E-state index in [0.717, 1.165) is 16.3 Å². The number of nitrogens with one attached hydrogen (secondary N) is 2. The number of thiophene rings is 1. The highest BCUT2D eigenvalue weighted by molar-refractivity contribution is 7.17. The molecule has 3 heterocycles. The highest BCUT2D eigenvalue weighted by atomic mass is 32.1. The van der Waals surface area contributed by atoms with Gasteiger partial charge in [0.05, 0.1) is 23.7 Å². The first-order valence-electron chi connectivity index (χ1n) is 9.62. The van der Waals surface area contributed by atoms with Crippen molar-refractivity contribution >= 4 is 51.8 Å². The summed E-state index contributed by atoms with van der Waals surface area (Å²) in [4.78, 5) is 35.4. The number of carbonyl (C=O) groups excluding carboxylic acids is 2. The lowest BCUT2D eigenvalue weighted by atomic mass is 10.2. The van der Waals surface area contributed by atoms with Gasteiger partial charge in [-0.15, -0.1) is 11.3 Å². The number of esters is 1. The second-order valence-electron chi connectivity index (χ2n) is 6.72. The standard InChI is InChI=1S/C22H20N4O3S2/c1-4-29-22(28)17-12(2)23-15-7-5-6-8-16(15)25-19(17)26-20(27)18-13(3)24-21(31-18)14-9-10-30-11-14/h5-11,23H,4H2,1-3H3,(H,25,26,27). The van der Waals surface area contributed by atoms with Crippen molar-refractivity contribution in [3.63, 3.8) is 0 Å². The summed E-state index contributed by atoms with van der Waals surface area (Å²) in [7, 11) is 0. The SMILES string of the molecule is CCOC(=O)C1=C(C)Nc2ccccc2N=C1NC(=O)c1sc(-c2ccsc2)nc1C. The molecule has 1 aliphatic heterocycles. The van der Waals surface area contributed by atoms with Gasteiger partial charge in [0.25, 0.3) is 5.91 Å². The first kappa shape index (κ1) is 21.0. The van der Waals surface area contributed by atoms with E-state index < -0.39 is 5.97 Å². The molecule has 2 aromatic heterocycles. The number of ether oxygens (including phenoxy) is 1. The molecule has 31 heavy (non-hydrogen) atoms. The molecule has 0 spiro atoms. The van der Waals surface area contributed by atoms with Crippen LogP contribution in [-0.4, -0.2) is 29.3 Å². The summed E-state index contributed by atoms with van der Waals surface area (Å²) < 4.78 is 5.22. The maximum absolute atomic E-state index is 13.2. The van der Waals surface area contributed by atoms with E-state index in [1.54, 1.807) is 32.1 Å². The van der Waals surface area contributed by atoms with Crippen molar-refractivity contribution < 1.29 is 14.3 Å². The Morgan fingerprint density at radius 1 is 1.19 bits per heavy atom. The highest BCUT2D eigenvalue weighted by Gasteiger charge is 2.27. The minimum absolute atomic E-state index is 0.142. The number of amidine groups is 1. The second kappa shape index (κ2) is 8.83. The van der Waals surface area contributed by atoms with Crippen molar-refractivity contribution in [2.75, 3.05) is 11.9 Å². The van der Waals surface area contributed by atoms with Crippen LogP contribution in [0.25, 0.3) is 10.6 Å². The Morgan fingerprint density at radius 3 is 2.74 bits per heavy atom. The average molecular weight is 453 g/mol. The number of aliphatic imine (C=N–C) groups is 1. The Labute approximate surface area is 187 Å². The number of para-hydroxylation sites is 2. The third kappa shape index (κ3) is 4.28. The van der Waals surface area contributed by atoms with E-state index in [4.69, 9.17) is 4.74 Å². The van der Waals surface area contributed by atoms with Crippen molar-refractivity contribution in [3.05, 3.63) is 62.9 Å². The van der Waals surface area contributed by atoms with E-state index in [9.17, 15) is 9.59 Å². The number of nitrogens with zero attached hydrogens (tertiary/aromatic N) is 2. The molecule has 7 nitrogen and oxygen atoms in total. The smallest absolute Gasteiger partial charge is 0.343 e. The monoisotopic (exact) mass is 452 g/mol. The Balaban J connectivity index is 1.72. The van der Waals surface area contributed by atoms with Crippen LogP contribution in [0.1, 0.15) is 29.2 Å². The largest absolute Gasteiger partial charge is 0.462 e. The minimum Gasteiger partial charge on any atom is -0.462 e. The molecule has 2 N–H and O–H groups in total. The van der Waals surface area contributed by atoms with E-state index in [1.165, 1.54) is 11.3 Å². The lowest BCUT2D eigenvalue weighted by Gasteiger charge is -2.13. The predicted octanol–water partition coefficient (Wildman–Crippen LogP) is 4.90. The van der Waals surface area contributed by atoms with Crippen LogP contribution in [0.5, 0.6) is 0 Å². The Morgan fingerprint density at radius 2 is 2.00 bits per heavy atom. The lowest BCUT2D eigenvalue weighted by molar-refractivity contribution is -0.137. The zero-order valence-corrected chi connectivity index (χ0v) is 18.8. The number of fused-ring (bicyclic) bond motifs is 1. The molecule has 0 saturated heterocycles. The number of carbonyl (C=O) groups is 2. The van der Waals surface area contributed by atoms with E-state index in [1.807, 2.05) is 41.1 Å². The summed E-state index contributed by atoms with van der Waals surface area (Å²) in [5.74, 6) is -0.785. The van der Waals surface area contributed by atoms with Gasteiger partial charge in [-0.1, -0.05) is 12.1 Å². The summed E-state index contributed by atoms with van der Waals surface area (Å²) in [6, 6.07) is 9.34. The van der Waals surface area contributed by atoms with Crippen LogP contribution in [0.2, 0.25) is 0 Å². The number of amides is 1. The van der Waals surface area contributed by atoms with Gasteiger partial charge in [-0.2, -0.15) is 11.3 Å². The first-order valence-corrected chi connectivity index (χ1v) is 11.4. The van der Waals surface area contributed by atoms with Crippen molar-refractivity contribution in [3.8, 4) is 10.6 Å². The third-order valence-electron chi connectivity index (χ3n) is 4.55. The van der Waals surface area contributed by atoms with Crippen LogP contribution >= 0.6 is 22.7 Å². The van der Waals surface area contributed by atoms with E-state index in [2.05, 4.69) is 20.6 Å². The molecule has 0 fully saturated rings. The maximum atomic E-state index is 13.2. The number of aryl methyl sites for hydroxylation is 1.